The number of phenols is 1. The van der Waals surface area contributed by atoms with Crippen LogP contribution in [0.4, 0.5) is 5.69 Å². The third-order valence-corrected chi connectivity index (χ3v) is 3.18. The number of thiophene rings is 1. The Kier molecular flexibility index (Phi) is 1.88. The van der Waals surface area contributed by atoms with Gasteiger partial charge in [0.1, 0.15) is 5.75 Å². The van der Waals surface area contributed by atoms with E-state index < -0.39 is 0 Å². The third kappa shape index (κ3) is 1.16. The number of anilines is 1. The minimum atomic E-state index is 0.311. The first-order chi connectivity index (χ1) is 6.24. The molecule has 0 amide bonds. The summed E-state index contributed by atoms with van der Waals surface area (Å²) in [6, 6.07) is 3.75. The third-order valence-electron chi connectivity index (χ3n) is 2.22. The average Bonchev–Trinajstić information content (AvgIpc) is 2.53. The van der Waals surface area contributed by atoms with E-state index in [1.807, 2.05) is 18.4 Å². The molecular weight excluding hydrogens is 182 g/mol. The molecule has 0 unspecified atom stereocenters. The summed E-state index contributed by atoms with van der Waals surface area (Å²) in [6.07, 6.45) is 0.769. The maximum atomic E-state index is 9.63. The highest BCUT2D eigenvalue weighted by molar-refractivity contribution is 7.17. The highest BCUT2D eigenvalue weighted by Crippen LogP contribution is 2.35. The zero-order chi connectivity index (χ0) is 9.42. The van der Waals surface area contributed by atoms with Gasteiger partial charge in [0.05, 0.1) is 10.4 Å². The summed E-state index contributed by atoms with van der Waals surface area (Å²) in [5, 5.41) is 12.6. The van der Waals surface area contributed by atoms with E-state index in [4.69, 9.17) is 5.73 Å². The van der Waals surface area contributed by atoms with E-state index >= 15 is 0 Å². The first-order valence-electron chi connectivity index (χ1n) is 4.21. The zero-order valence-electron chi connectivity index (χ0n) is 7.37. The van der Waals surface area contributed by atoms with Crippen LogP contribution >= 0.6 is 11.3 Å². The van der Waals surface area contributed by atoms with E-state index in [-0.39, 0.29) is 0 Å². The second-order valence-corrected chi connectivity index (χ2v) is 3.90. The minimum Gasteiger partial charge on any atom is -0.508 e. The lowest BCUT2D eigenvalue weighted by atomic mass is 10.1. The molecule has 0 aliphatic rings. The molecular formula is C10H11NOS. The Morgan fingerprint density at radius 2 is 2.31 bits per heavy atom. The van der Waals surface area contributed by atoms with Crippen molar-refractivity contribution in [1.82, 2.24) is 0 Å². The molecule has 0 saturated heterocycles. The van der Waals surface area contributed by atoms with E-state index in [2.05, 4.69) is 0 Å². The van der Waals surface area contributed by atoms with Crippen LogP contribution in [0.5, 0.6) is 5.75 Å². The summed E-state index contributed by atoms with van der Waals surface area (Å²) >= 11 is 1.62. The number of hydrogen-bond acceptors (Lipinski definition) is 3. The molecule has 0 aliphatic carbocycles. The molecule has 3 N–H and O–H groups in total. The molecule has 0 atom stereocenters. The second-order valence-electron chi connectivity index (χ2n) is 2.98. The molecule has 1 aromatic carbocycles. The van der Waals surface area contributed by atoms with Gasteiger partial charge in [0.25, 0.3) is 0 Å². The van der Waals surface area contributed by atoms with Gasteiger partial charge in [-0.05, 0) is 29.3 Å². The Hall–Kier alpha value is -1.22. The molecule has 0 spiro atoms. The fraction of sp³-hybridized carbons (Fsp3) is 0.200. The lowest BCUT2D eigenvalue weighted by Gasteiger charge is -2.06. The minimum absolute atomic E-state index is 0.311. The molecule has 2 aromatic rings. The molecule has 1 heterocycles. The standard InChI is InChI=1S/C10H11NOS/c1-2-7-8(12)5-6-3-4-13-10(6)9(7)11/h3-5,12H,2,11H2,1H3. The van der Waals surface area contributed by atoms with E-state index in [0.717, 1.165) is 27.8 Å². The number of aromatic hydroxyl groups is 1. The normalized spacial score (nSPS) is 10.8. The van der Waals surface area contributed by atoms with Crippen LogP contribution in [-0.4, -0.2) is 5.11 Å². The van der Waals surface area contributed by atoms with Gasteiger partial charge in [-0.2, -0.15) is 0 Å². The van der Waals surface area contributed by atoms with Crippen LogP contribution in [0.15, 0.2) is 17.5 Å². The molecule has 0 radical (unpaired) electrons. The van der Waals surface area contributed by atoms with Crippen molar-refractivity contribution in [1.29, 1.82) is 0 Å². The van der Waals surface area contributed by atoms with Crippen LogP contribution in [0.1, 0.15) is 12.5 Å². The lowest BCUT2D eigenvalue weighted by molar-refractivity contribution is 0.470. The summed E-state index contributed by atoms with van der Waals surface area (Å²) in [5.41, 5.74) is 7.51. The summed E-state index contributed by atoms with van der Waals surface area (Å²) < 4.78 is 1.08. The fourth-order valence-corrected chi connectivity index (χ4v) is 2.40. The van der Waals surface area contributed by atoms with Crippen molar-refractivity contribution in [3.63, 3.8) is 0 Å². The Morgan fingerprint density at radius 3 is 3.00 bits per heavy atom. The van der Waals surface area contributed by atoms with Crippen molar-refractivity contribution in [2.45, 2.75) is 13.3 Å². The number of nitrogen functional groups attached to an aromatic ring is 1. The Morgan fingerprint density at radius 1 is 1.54 bits per heavy atom. The van der Waals surface area contributed by atoms with Gasteiger partial charge in [0.15, 0.2) is 0 Å². The topological polar surface area (TPSA) is 46.2 Å². The second kappa shape index (κ2) is 2.92. The van der Waals surface area contributed by atoms with Crippen LogP contribution in [0.2, 0.25) is 0 Å². The summed E-state index contributed by atoms with van der Waals surface area (Å²) in [6.45, 7) is 1.99. The number of fused-ring (bicyclic) bond motifs is 1. The van der Waals surface area contributed by atoms with Gasteiger partial charge >= 0.3 is 0 Å². The van der Waals surface area contributed by atoms with Crippen molar-refractivity contribution in [3.05, 3.63) is 23.1 Å². The number of phenolic OH excluding ortho intramolecular Hbond substituents is 1. The van der Waals surface area contributed by atoms with Gasteiger partial charge in [-0.15, -0.1) is 11.3 Å². The first-order valence-corrected chi connectivity index (χ1v) is 5.09. The maximum absolute atomic E-state index is 9.63. The smallest absolute Gasteiger partial charge is 0.121 e. The summed E-state index contributed by atoms with van der Waals surface area (Å²) in [7, 11) is 0. The first kappa shape index (κ1) is 8.38. The molecule has 0 saturated carbocycles. The Bertz CT molecular complexity index is 447. The number of rotatable bonds is 1. The fourth-order valence-electron chi connectivity index (χ4n) is 1.53. The molecule has 0 fully saturated rings. The zero-order valence-corrected chi connectivity index (χ0v) is 8.19. The van der Waals surface area contributed by atoms with Crippen LogP contribution in [0, 0.1) is 0 Å². The van der Waals surface area contributed by atoms with Crippen molar-refractivity contribution in [2.75, 3.05) is 5.73 Å². The Balaban J connectivity index is 2.85. The largest absolute Gasteiger partial charge is 0.508 e. The predicted molar refractivity (Wildman–Crippen MR) is 57.3 cm³/mol. The number of nitrogens with two attached hydrogens (primary N) is 1. The monoisotopic (exact) mass is 193 g/mol. The van der Waals surface area contributed by atoms with E-state index in [1.165, 1.54) is 0 Å². The molecule has 0 aliphatic heterocycles. The quantitative estimate of drug-likeness (QED) is 0.684. The average molecular weight is 193 g/mol. The molecule has 13 heavy (non-hydrogen) atoms. The van der Waals surface area contributed by atoms with Gasteiger partial charge in [0, 0.05) is 5.56 Å². The summed E-state index contributed by atoms with van der Waals surface area (Å²) in [5.74, 6) is 0.311. The molecule has 1 aromatic heterocycles. The van der Waals surface area contributed by atoms with Gasteiger partial charge in [-0.3, -0.25) is 0 Å². The molecule has 2 nitrogen and oxygen atoms in total. The van der Waals surface area contributed by atoms with Crippen LogP contribution in [0.25, 0.3) is 10.1 Å². The highest BCUT2D eigenvalue weighted by atomic mass is 32.1. The van der Waals surface area contributed by atoms with Crippen molar-refractivity contribution >= 4 is 27.1 Å². The van der Waals surface area contributed by atoms with Gasteiger partial charge in [-0.25, -0.2) is 0 Å². The van der Waals surface area contributed by atoms with E-state index in [0.29, 0.717) is 5.75 Å². The van der Waals surface area contributed by atoms with Crippen molar-refractivity contribution < 1.29 is 5.11 Å². The highest BCUT2D eigenvalue weighted by Gasteiger charge is 2.09. The van der Waals surface area contributed by atoms with E-state index in [1.54, 1.807) is 17.4 Å². The number of hydrogen-bond donors (Lipinski definition) is 2. The maximum Gasteiger partial charge on any atom is 0.121 e. The van der Waals surface area contributed by atoms with Crippen LogP contribution < -0.4 is 5.73 Å². The predicted octanol–water partition coefficient (Wildman–Crippen LogP) is 2.75. The van der Waals surface area contributed by atoms with Gasteiger partial charge in [0.2, 0.25) is 0 Å². The van der Waals surface area contributed by atoms with Crippen LogP contribution in [0.3, 0.4) is 0 Å². The molecule has 2 rings (SSSR count). The van der Waals surface area contributed by atoms with Crippen LogP contribution in [-0.2, 0) is 6.42 Å². The summed E-state index contributed by atoms with van der Waals surface area (Å²) in [4.78, 5) is 0. The van der Waals surface area contributed by atoms with Gasteiger partial charge in [-0.1, -0.05) is 6.92 Å². The van der Waals surface area contributed by atoms with Crippen molar-refractivity contribution in [2.24, 2.45) is 0 Å². The molecule has 3 heteroatoms. The van der Waals surface area contributed by atoms with Crippen molar-refractivity contribution in [3.8, 4) is 5.75 Å². The number of benzene rings is 1. The SMILES string of the molecule is CCc1c(O)cc2ccsc2c1N. The molecule has 0 bridgehead atoms. The Labute approximate surface area is 80.6 Å². The molecule has 68 valence electrons. The lowest BCUT2D eigenvalue weighted by Crippen LogP contribution is -1.93. The van der Waals surface area contributed by atoms with Gasteiger partial charge < -0.3 is 10.8 Å². The van der Waals surface area contributed by atoms with E-state index in [9.17, 15) is 5.11 Å².